The Balaban J connectivity index is 1.58. The molecule has 0 aromatic heterocycles. The lowest BCUT2D eigenvalue weighted by Gasteiger charge is -2.42. The maximum Gasteiger partial charge on any atom is 0.243 e. The zero-order valence-electron chi connectivity index (χ0n) is 15.5. The standard InChI is InChI=1S/C20H24N2O4S2/c23-27(24,21-20(13-6-14-20)17-7-2-1-3-8-17)18-9-11-19(12-10-18)28(25,26)22-15-4-5-16-22/h1-3,7-12,21H,4-6,13-16H2. The normalized spacial score (nSPS) is 20.0. The minimum Gasteiger partial charge on any atom is -0.207 e. The zero-order valence-corrected chi connectivity index (χ0v) is 17.2. The van der Waals surface area contributed by atoms with E-state index in [1.165, 1.54) is 28.6 Å². The second kappa shape index (κ2) is 7.26. The van der Waals surface area contributed by atoms with Crippen molar-refractivity contribution >= 4 is 20.0 Å². The van der Waals surface area contributed by atoms with Crippen LogP contribution in [0.5, 0.6) is 0 Å². The van der Waals surface area contributed by atoms with Crippen molar-refractivity contribution in [2.45, 2.75) is 47.4 Å². The molecular weight excluding hydrogens is 396 g/mol. The fourth-order valence-electron chi connectivity index (χ4n) is 3.92. The molecule has 6 nitrogen and oxygen atoms in total. The highest BCUT2D eigenvalue weighted by molar-refractivity contribution is 7.89. The third kappa shape index (κ3) is 3.50. The summed E-state index contributed by atoms with van der Waals surface area (Å²) in [7, 11) is -7.32. The van der Waals surface area contributed by atoms with Gasteiger partial charge in [0.15, 0.2) is 0 Å². The van der Waals surface area contributed by atoms with E-state index in [9.17, 15) is 16.8 Å². The van der Waals surface area contributed by atoms with E-state index in [0.29, 0.717) is 13.1 Å². The van der Waals surface area contributed by atoms with Gasteiger partial charge >= 0.3 is 0 Å². The number of sulfonamides is 2. The number of benzene rings is 2. The molecule has 1 N–H and O–H groups in total. The second-order valence-electron chi connectivity index (χ2n) is 7.49. The fourth-order valence-corrected chi connectivity index (χ4v) is 6.89. The Hall–Kier alpha value is -1.74. The first-order chi connectivity index (χ1) is 13.3. The molecule has 0 bridgehead atoms. The number of hydrogen-bond donors (Lipinski definition) is 1. The van der Waals surface area contributed by atoms with Crippen LogP contribution in [0.4, 0.5) is 0 Å². The zero-order chi connectivity index (χ0) is 19.8. The van der Waals surface area contributed by atoms with E-state index in [1.807, 2.05) is 30.3 Å². The Labute approximate surface area is 166 Å². The summed E-state index contributed by atoms with van der Waals surface area (Å²) < 4.78 is 55.5. The van der Waals surface area contributed by atoms with Gasteiger partial charge in [-0.3, -0.25) is 0 Å². The molecule has 2 aliphatic rings. The summed E-state index contributed by atoms with van der Waals surface area (Å²) in [5.74, 6) is 0. The Morgan fingerprint density at radius 1 is 0.750 bits per heavy atom. The van der Waals surface area contributed by atoms with Gasteiger partial charge < -0.3 is 0 Å². The molecule has 2 aromatic carbocycles. The predicted octanol–water partition coefficient (Wildman–Crippen LogP) is 2.83. The van der Waals surface area contributed by atoms with Crippen molar-refractivity contribution in [3.05, 3.63) is 60.2 Å². The number of nitrogens with zero attached hydrogens (tertiary/aromatic N) is 1. The molecule has 0 spiro atoms. The van der Waals surface area contributed by atoms with Crippen LogP contribution in [0.1, 0.15) is 37.7 Å². The van der Waals surface area contributed by atoms with Crippen LogP contribution in [0.2, 0.25) is 0 Å². The molecule has 1 saturated heterocycles. The van der Waals surface area contributed by atoms with E-state index in [4.69, 9.17) is 0 Å². The topological polar surface area (TPSA) is 83.5 Å². The minimum atomic E-state index is -3.77. The van der Waals surface area contributed by atoms with E-state index >= 15 is 0 Å². The Morgan fingerprint density at radius 2 is 1.32 bits per heavy atom. The molecule has 0 unspecified atom stereocenters. The molecule has 1 saturated carbocycles. The van der Waals surface area contributed by atoms with Crippen molar-refractivity contribution in [3.63, 3.8) is 0 Å². The van der Waals surface area contributed by atoms with Crippen LogP contribution in [0.25, 0.3) is 0 Å². The van der Waals surface area contributed by atoms with Crippen LogP contribution in [-0.4, -0.2) is 34.2 Å². The second-order valence-corrected chi connectivity index (χ2v) is 11.1. The molecule has 2 aromatic rings. The van der Waals surface area contributed by atoms with E-state index in [2.05, 4.69) is 4.72 Å². The molecule has 28 heavy (non-hydrogen) atoms. The molecule has 0 radical (unpaired) electrons. The van der Waals surface area contributed by atoms with Gasteiger partial charge in [-0.05, 0) is 61.9 Å². The highest BCUT2D eigenvalue weighted by Crippen LogP contribution is 2.42. The van der Waals surface area contributed by atoms with Gasteiger partial charge in [-0.25, -0.2) is 21.6 Å². The van der Waals surface area contributed by atoms with Crippen LogP contribution in [0.15, 0.2) is 64.4 Å². The van der Waals surface area contributed by atoms with Crippen molar-refractivity contribution < 1.29 is 16.8 Å². The summed E-state index contributed by atoms with van der Waals surface area (Å²) in [6.45, 7) is 1.03. The van der Waals surface area contributed by atoms with E-state index in [1.54, 1.807) is 0 Å². The van der Waals surface area contributed by atoms with Crippen molar-refractivity contribution in [3.8, 4) is 0 Å². The monoisotopic (exact) mass is 420 g/mol. The fraction of sp³-hybridized carbons (Fsp3) is 0.400. The van der Waals surface area contributed by atoms with Crippen LogP contribution < -0.4 is 4.72 Å². The smallest absolute Gasteiger partial charge is 0.207 e. The maximum atomic E-state index is 13.0. The molecule has 8 heteroatoms. The lowest BCUT2D eigenvalue weighted by Crippen LogP contribution is -2.50. The van der Waals surface area contributed by atoms with Gasteiger partial charge in [0.2, 0.25) is 20.0 Å². The molecule has 0 atom stereocenters. The summed E-state index contributed by atoms with van der Waals surface area (Å²) in [5, 5.41) is 0. The summed E-state index contributed by atoms with van der Waals surface area (Å²) >= 11 is 0. The van der Waals surface area contributed by atoms with Crippen molar-refractivity contribution in [2.75, 3.05) is 13.1 Å². The Kier molecular flexibility index (Phi) is 5.07. The van der Waals surface area contributed by atoms with E-state index in [0.717, 1.165) is 37.7 Å². The van der Waals surface area contributed by atoms with Crippen molar-refractivity contribution in [1.82, 2.24) is 9.03 Å². The summed E-state index contributed by atoms with van der Waals surface area (Å²) in [6, 6.07) is 15.1. The minimum absolute atomic E-state index is 0.0788. The first kappa shape index (κ1) is 19.6. The van der Waals surface area contributed by atoms with Gasteiger partial charge in [0.05, 0.1) is 15.3 Å². The molecule has 1 aliphatic heterocycles. The number of hydrogen-bond acceptors (Lipinski definition) is 4. The number of rotatable bonds is 6. The lowest BCUT2D eigenvalue weighted by molar-refractivity contribution is 0.224. The van der Waals surface area contributed by atoms with Gasteiger partial charge in [0.25, 0.3) is 0 Å². The lowest BCUT2D eigenvalue weighted by atomic mass is 9.73. The highest BCUT2D eigenvalue weighted by atomic mass is 32.2. The highest BCUT2D eigenvalue weighted by Gasteiger charge is 2.42. The van der Waals surface area contributed by atoms with Crippen LogP contribution in [-0.2, 0) is 25.6 Å². The molecule has 1 heterocycles. The predicted molar refractivity (Wildman–Crippen MR) is 107 cm³/mol. The molecule has 150 valence electrons. The van der Waals surface area contributed by atoms with Crippen LogP contribution in [0, 0.1) is 0 Å². The SMILES string of the molecule is O=S(=O)(NC1(c2ccccc2)CCC1)c1ccc(S(=O)(=O)N2CCCC2)cc1. The van der Waals surface area contributed by atoms with Gasteiger partial charge in [0.1, 0.15) is 0 Å². The average molecular weight is 421 g/mol. The summed E-state index contributed by atoms with van der Waals surface area (Å²) in [4.78, 5) is 0.213. The summed E-state index contributed by atoms with van der Waals surface area (Å²) in [5.41, 5.74) is 0.374. The van der Waals surface area contributed by atoms with E-state index < -0.39 is 25.6 Å². The maximum absolute atomic E-state index is 13.0. The quantitative estimate of drug-likeness (QED) is 0.779. The largest absolute Gasteiger partial charge is 0.243 e. The van der Waals surface area contributed by atoms with Gasteiger partial charge in [-0.2, -0.15) is 4.31 Å². The first-order valence-corrected chi connectivity index (χ1v) is 12.5. The van der Waals surface area contributed by atoms with Crippen LogP contribution >= 0.6 is 0 Å². The van der Waals surface area contributed by atoms with Gasteiger partial charge in [-0.1, -0.05) is 30.3 Å². The van der Waals surface area contributed by atoms with Gasteiger partial charge in [-0.15, -0.1) is 0 Å². The molecule has 2 fully saturated rings. The third-order valence-corrected chi connectivity index (χ3v) is 9.17. The molecule has 1 aliphatic carbocycles. The average Bonchev–Trinajstić information content (AvgIpc) is 3.21. The number of nitrogens with one attached hydrogen (secondary N) is 1. The third-order valence-electron chi connectivity index (χ3n) is 5.70. The molecule has 4 rings (SSSR count). The van der Waals surface area contributed by atoms with Crippen LogP contribution in [0.3, 0.4) is 0 Å². The molecule has 0 amide bonds. The van der Waals surface area contributed by atoms with Crippen molar-refractivity contribution in [1.29, 1.82) is 0 Å². The van der Waals surface area contributed by atoms with E-state index in [-0.39, 0.29) is 9.79 Å². The van der Waals surface area contributed by atoms with Gasteiger partial charge in [0, 0.05) is 13.1 Å². The van der Waals surface area contributed by atoms with Crippen molar-refractivity contribution in [2.24, 2.45) is 0 Å². The Morgan fingerprint density at radius 3 is 1.86 bits per heavy atom. The summed E-state index contributed by atoms with van der Waals surface area (Å²) in [6.07, 6.45) is 4.17. The first-order valence-electron chi connectivity index (χ1n) is 9.53. The molecular formula is C20H24N2O4S2. The Bertz CT molecular complexity index is 1040.